The van der Waals surface area contributed by atoms with E-state index in [2.05, 4.69) is 0 Å². The van der Waals surface area contributed by atoms with Gasteiger partial charge in [-0.15, -0.1) is 0 Å². The third kappa shape index (κ3) is 1750. The van der Waals surface area contributed by atoms with E-state index >= 15 is 0 Å². The van der Waals surface area contributed by atoms with Gasteiger partial charge in [-0.05, 0) is 0 Å². The molecule has 0 aromatic heterocycles. The predicted molar refractivity (Wildman–Crippen MR) is 24.0 cm³/mol. The maximum atomic E-state index is 8.77. The SMILES string of the molecule is O=P([O-])(O)O.[Cl-].[NH4+].[NH4+]. The number of quaternary nitrogens is 2. The Morgan fingerprint density at radius 3 is 1.25 bits per heavy atom. The molecule has 0 saturated carbocycles. The van der Waals surface area contributed by atoms with Crippen LogP contribution in [-0.4, -0.2) is 9.79 Å². The van der Waals surface area contributed by atoms with Gasteiger partial charge < -0.3 is 39.4 Å². The molecule has 0 aromatic rings. The van der Waals surface area contributed by atoms with Gasteiger partial charge in [-0.3, -0.25) is 4.57 Å². The first-order chi connectivity index (χ1) is 2.00. The molecule has 0 amide bonds. The fraction of sp³-hybridized carbons (Fsp3) is 0. The van der Waals surface area contributed by atoms with Crippen LogP contribution < -0.4 is 29.6 Å². The van der Waals surface area contributed by atoms with Crippen LogP contribution in [0.25, 0.3) is 0 Å². The Kier molecular flexibility index (Phi) is 21.9. The third-order valence-corrected chi connectivity index (χ3v) is 0. The molecule has 0 saturated heterocycles. The van der Waals surface area contributed by atoms with Gasteiger partial charge in [-0.2, -0.15) is 0 Å². The fourth-order valence-electron chi connectivity index (χ4n) is 0. The number of phosphoric acid groups is 1. The highest BCUT2D eigenvalue weighted by molar-refractivity contribution is 7.43. The Morgan fingerprint density at radius 2 is 1.25 bits per heavy atom. The summed E-state index contributed by atoms with van der Waals surface area (Å²) in [5.74, 6) is 0. The summed E-state index contributed by atoms with van der Waals surface area (Å²) in [5.41, 5.74) is 0. The van der Waals surface area contributed by atoms with Crippen LogP contribution >= 0.6 is 7.82 Å². The van der Waals surface area contributed by atoms with Crippen molar-refractivity contribution in [2.45, 2.75) is 0 Å². The summed E-state index contributed by atoms with van der Waals surface area (Å²) in [5, 5.41) is 0. The van der Waals surface area contributed by atoms with Gasteiger partial charge in [0.2, 0.25) is 0 Å². The van der Waals surface area contributed by atoms with Gasteiger partial charge in [0.15, 0.2) is 0 Å². The molecule has 0 aromatic carbocycles. The van der Waals surface area contributed by atoms with Crippen molar-refractivity contribution in [3.63, 3.8) is 0 Å². The van der Waals surface area contributed by atoms with Crippen LogP contribution in [0.5, 0.6) is 0 Å². The lowest BCUT2D eigenvalue weighted by Gasteiger charge is -2.01. The zero-order chi connectivity index (χ0) is 4.50. The topological polar surface area (TPSA) is 154 Å². The standard InChI is InChI=1S/ClH.2H3N.H3O4P/c;;;1-5(2,3)4/h1H;2*1H3;(H3,1,2,3,4). The normalized spacial score (nSPS) is 7.38. The molecule has 0 radical (unpaired) electrons. The molecule has 6 nitrogen and oxygen atoms in total. The lowest BCUT2D eigenvalue weighted by atomic mass is 14.0. The maximum Gasteiger partial charge on any atom is 0.262 e. The van der Waals surface area contributed by atoms with Crippen LogP contribution in [0.2, 0.25) is 0 Å². The Balaban J connectivity index is -0.0000000267. The summed E-state index contributed by atoms with van der Waals surface area (Å²) in [6.45, 7) is 0. The summed E-state index contributed by atoms with van der Waals surface area (Å²) in [6, 6.07) is 0. The first-order valence-electron chi connectivity index (χ1n) is 0.765. The lowest BCUT2D eigenvalue weighted by molar-refractivity contribution is -0.214. The quantitative estimate of drug-likeness (QED) is 0.274. The van der Waals surface area contributed by atoms with Gasteiger partial charge in [0.25, 0.3) is 7.82 Å². The number of hydrogen-bond donors (Lipinski definition) is 4. The Bertz CT molecular complexity index is 60.2. The molecular weight excluding hydrogens is 158 g/mol. The Labute approximate surface area is 52.7 Å². The summed E-state index contributed by atoms with van der Waals surface area (Å²) in [4.78, 5) is 22.9. The molecule has 0 heterocycles. The summed E-state index contributed by atoms with van der Waals surface area (Å²) < 4.78 is 8.77. The first kappa shape index (κ1) is 23.9. The van der Waals surface area contributed by atoms with Gasteiger partial charge in [0.1, 0.15) is 0 Å². The van der Waals surface area contributed by atoms with E-state index in [1.54, 1.807) is 0 Å². The molecule has 0 aliphatic heterocycles. The molecule has 0 atom stereocenters. The fourth-order valence-corrected chi connectivity index (χ4v) is 0. The van der Waals surface area contributed by atoms with Crippen LogP contribution in [0.1, 0.15) is 0 Å². The van der Waals surface area contributed by atoms with E-state index in [0.717, 1.165) is 0 Å². The van der Waals surface area contributed by atoms with Crippen LogP contribution in [0.15, 0.2) is 0 Å². The molecule has 10 N–H and O–H groups in total. The van der Waals surface area contributed by atoms with Crippen molar-refractivity contribution in [2.24, 2.45) is 0 Å². The van der Waals surface area contributed by atoms with E-state index in [4.69, 9.17) is 19.2 Å². The van der Waals surface area contributed by atoms with Crippen molar-refractivity contribution in [3.8, 4) is 0 Å². The average Bonchev–Trinajstić information content (AvgIpc) is 0.722. The zero-order valence-corrected chi connectivity index (χ0v) is 6.19. The molecule has 0 bridgehead atoms. The predicted octanol–water partition coefficient (Wildman–Crippen LogP) is -3.80. The molecule has 8 heavy (non-hydrogen) atoms. The van der Waals surface area contributed by atoms with Gasteiger partial charge in [-0.1, -0.05) is 0 Å². The van der Waals surface area contributed by atoms with Crippen LogP contribution in [-0.2, 0) is 4.57 Å². The molecule has 0 unspecified atom stereocenters. The molecule has 56 valence electrons. The highest BCUT2D eigenvalue weighted by Crippen LogP contribution is 2.18. The number of hydrogen-bond acceptors (Lipinski definition) is 2. The number of rotatable bonds is 0. The van der Waals surface area contributed by atoms with E-state index in [1.807, 2.05) is 0 Å². The van der Waals surface area contributed by atoms with Crippen molar-refractivity contribution in [2.75, 3.05) is 0 Å². The molecule has 8 heteroatoms. The average molecular weight is 169 g/mol. The first-order valence-corrected chi connectivity index (χ1v) is 2.30. The van der Waals surface area contributed by atoms with E-state index in [-0.39, 0.29) is 24.7 Å². The van der Waals surface area contributed by atoms with E-state index < -0.39 is 7.82 Å². The van der Waals surface area contributed by atoms with E-state index in [9.17, 15) is 0 Å². The second kappa shape index (κ2) is 7.32. The molecule has 0 aliphatic rings. The van der Waals surface area contributed by atoms with Gasteiger partial charge in [0.05, 0.1) is 0 Å². The van der Waals surface area contributed by atoms with Crippen LogP contribution in [0, 0.1) is 0 Å². The molecule has 0 spiro atoms. The second-order valence-electron chi connectivity index (χ2n) is 0.491. The second-order valence-corrected chi connectivity index (χ2v) is 1.47. The van der Waals surface area contributed by atoms with E-state index in [0.29, 0.717) is 0 Å². The molecular formula is H10ClN2O4P. The molecule has 0 aliphatic carbocycles. The van der Waals surface area contributed by atoms with Gasteiger partial charge in [-0.25, -0.2) is 0 Å². The zero-order valence-electron chi connectivity index (χ0n) is 4.54. The van der Waals surface area contributed by atoms with Crippen LogP contribution in [0.3, 0.4) is 0 Å². The monoisotopic (exact) mass is 168 g/mol. The maximum absolute atomic E-state index is 8.77. The lowest BCUT2D eigenvalue weighted by Crippen LogP contribution is -3.00. The highest BCUT2D eigenvalue weighted by Gasteiger charge is 1.82. The summed E-state index contributed by atoms with van der Waals surface area (Å²) in [7, 11) is -4.89. The minimum absolute atomic E-state index is 0. The van der Waals surface area contributed by atoms with E-state index in [1.165, 1.54) is 0 Å². The Morgan fingerprint density at radius 1 is 1.25 bits per heavy atom. The number of halogens is 1. The summed E-state index contributed by atoms with van der Waals surface area (Å²) in [6.07, 6.45) is 0. The van der Waals surface area contributed by atoms with Crippen molar-refractivity contribution < 1.29 is 31.7 Å². The minimum atomic E-state index is -4.89. The Hall–Kier alpha value is 0.320. The van der Waals surface area contributed by atoms with Crippen molar-refractivity contribution in [1.29, 1.82) is 0 Å². The van der Waals surface area contributed by atoms with Gasteiger partial charge >= 0.3 is 0 Å². The third-order valence-electron chi connectivity index (χ3n) is 0. The molecule has 0 fully saturated rings. The minimum Gasteiger partial charge on any atom is -1.00 e. The highest BCUT2D eigenvalue weighted by atomic mass is 35.5. The van der Waals surface area contributed by atoms with Crippen LogP contribution in [0.4, 0.5) is 0 Å². The molecule has 0 rings (SSSR count). The van der Waals surface area contributed by atoms with Crippen molar-refractivity contribution >= 4 is 7.82 Å². The van der Waals surface area contributed by atoms with Gasteiger partial charge in [0, 0.05) is 0 Å². The smallest absolute Gasteiger partial charge is 0.262 e. The largest absolute Gasteiger partial charge is 1.00 e. The summed E-state index contributed by atoms with van der Waals surface area (Å²) >= 11 is 0. The van der Waals surface area contributed by atoms with Crippen molar-refractivity contribution in [1.82, 2.24) is 12.3 Å². The van der Waals surface area contributed by atoms with Crippen molar-refractivity contribution in [3.05, 3.63) is 0 Å².